The molecule has 0 saturated carbocycles. The molecule has 122 valence electrons. The predicted molar refractivity (Wildman–Crippen MR) is 95.0 cm³/mol. The smallest absolute Gasteiger partial charge is 0.229 e. The van der Waals surface area contributed by atoms with Crippen molar-refractivity contribution in [2.75, 3.05) is 10.6 Å². The van der Waals surface area contributed by atoms with Crippen molar-refractivity contribution in [3.8, 4) is 0 Å². The molecule has 0 amide bonds. The van der Waals surface area contributed by atoms with E-state index in [-0.39, 0.29) is 5.82 Å². The first-order valence-electron chi connectivity index (χ1n) is 7.76. The molecule has 0 unspecified atom stereocenters. The molecule has 0 spiro atoms. The van der Waals surface area contributed by atoms with E-state index in [9.17, 15) is 4.39 Å². The van der Waals surface area contributed by atoms with Gasteiger partial charge in [0.1, 0.15) is 11.6 Å². The average molecular weight is 322 g/mol. The van der Waals surface area contributed by atoms with Crippen LogP contribution in [-0.4, -0.2) is 9.97 Å². The number of halogens is 1. The number of aryl methyl sites for hydroxylation is 2. The lowest BCUT2D eigenvalue weighted by molar-refractivity contribution is 0.627. The third kappa shape index (κ3) is 4.07. The van der Waals surface area contributed by atoms with Crippen molar-refractivity contribution in [2.45, 2.75) is 20.4 Å². The minimum Gasteiger partial charge on any atom is -0.366 e. The molecule has 0 atom stereocenters. The Hall–Kier alpha value is -2.95. The fraction of sp³-hybridized carbons (Fsp3) is 0.158. The summed E-state index contributed by atoms with van der Waals surface area (Å²) >= 11 is 0. The van der Waals surface area contributed by atoms with E-state index >= 15 is 0 Å². The van der Waals surface area contributed by atoms with Crippen LogP contribution >= 0.6 is 0 Å². The Bertz CT molecular complexity index is 831. The lowest BCUT2D eigenvalue weighted by Gasteiger charge is -2.10. The summed E-state index contributed by atoms with van der Waals surface area (Å²) in [5, 5.41) is 6.42. The number of nitrogens with zero attached hydrogens (tertiary/aromatic N) is 2. The van der Waals surface area contributed by atoms with Crippen LogP contribution in [-0.2, 0) is 6.54 Å². The molecule has 3 rings (SSSR count). The van der Waals surface area contributed by atoms with Gasteiger partial charge in [0.05, 0.1) is 0 Å². The molecule has 0 bridgehead atoms. The van der Waals surface area contributed by atoms with Gasteiger partial charge in [0.25, 0.3) is 0 Å². The van der Waals surface area contributed by atoms with E-state index in [0.29, 0.717) is 18.3 Å². The van der Waals surface area contributed by atoms with Crippen LogP contribution < -0.4 is 10.6 Å². The largest absolute Gasteiger partial charge is 0.366 e. The van der Waals surface area contributed by atoms with Crippen LogP contribution in [0.15, 0.2) is 54.7 Å². The van der Waals surface area contributed by atoms with E-state index in [0.717, 1.165) is 11.3 Å². The summed E-state index contributed by atoms with van der Waals surface area (Å²) in [5.41, 5.74) is 4.40. The molecule has 0 aliphatic carbocycles. The number of aromatic nitrogens is 2. The number of hydrogen-bond donors (Lipinski definition) is 2. The van der Waals surface area contributed by atoms with Crippen LogP contribution in [0.5, 0.6) is 0 Å². The van der Waals surface area contributed by atoms with E-state index in [1.54, 1.807) is 24.4 Å². The molecule has 24 heavy (non-hydrogen) atoms. The van der Waals surface area contributed by atoms with Gasteiger partial charge in [0.15, 0.2) is 0 Å². The van der Waals surface area contributed by atoms with Crippen molar-refractivity contribution in [3.63, 3.8) is 0 Å². The Kier molecular flexibility index (Phi) is 4.70. The quantitative estimate of drug-likeness (QED) is 0.721. The molecule has 0 radical (unpaired) electrons. The first-order chi connectivity index (χ1) is 11.6. The summed E-state index contributed by atoms with van der Waals surface area (Å²) < 4.78 is 12.9. The summed E-state index contributed by atoms with van der Waals surface area (Å²) in [4.78, 5) is 8.69. The predicted octanol–water partition coefficient (Wildman–Crippen LogP) is 4.59. The average Bonchev–Trinajstić information content (AvgIpc) is 2.58. The zero-order valence-electron chi connectivity index (χ0n) is 13.7. The molecule has 5 heteroatoms. The van der Waals surface area contributed by atoms with Crippen molar-refractivity contribution >= 4 is 17.5 Å². The van der Waals surface area contributed by atoms with Crippen LogP contribution in [0, 0.1) is 19.7 Å². The van der Waals surface area contributed by atoms with Gasteiger partial charge in [-0.2, -0.15) is 4.98 Å². The van der Waals surface area contributed by atoms with E-state index in [1.165, 1.54) is 23.3 Å². The van der Waals surface area contributed by atoms with E-state index in [2.05, 4.69) is 46.6 Å². The molecule has 2 N–H and O–H groups in total. The van der Waals surface area contributed by atoms with Gasteiger partial charge in [0, 0.05) is 18.4 Å². The molecule has 1 aromatic heterocycles. The monoisotopic (exact) mass is 322 g/mol. The van der Waals surface area contributed by atoms with Gasteiger partial charge in [-0.3, -0.25) is 0 Å². The van der Waals surface area contributed by atoms with E-state index in [4.69, 9.17) is 0 Å². The van der Waals surface area contributed by atoms with Gasteiger partial charge in [-0.05, 0) is 60.9 Å². The van der Waals surface area contributed by atoms with Crippen LogP contribution in [0.1, 0.15) is 16.7 Å². The summed E-state index contributed by atoms with van der Waals surface area (Å²) in [5.74, 6) is 1.00. The standard InChI is InChI=1S/C19H19FN4/c1-13-3-8-17(11-14(13)2)23-19-21-10-9-18(24-19)22-12-15-4-6-16(20)7-5-15/h3-11H,12H2,1-2H3,(H2,21,22,23,24). The lowest BCUT2D eigenvalue weighted by atomic mass is 10.1. The number of benzene rings is 2. The van der Waals surface area contributed by atoms with Gasteiger partial charge in [0.2, 0.25) is 5.95 Å². The highest BCUT2D eigenvalue weighted by atomic mass is 19.1. The molecular weight excluding hydrogens is 303 g/mol. The fourth-order valence-corrected chi connectivity index (χ4v) is 2.26. The Morgan fingerprint density at radius 2 is 1.75 bits per heavy atom. The zero-order chi connectivity index (χ0) is 16.9. The maximum absolute atomic E-state index is 12.9. The lowest BCUT2D eigenvalue weighted by Crippen LogP contribution is -2.04. The van der Waals surface area contributed by atoms with E-state index < -0.39 is 0 Å². The molecule has 0 saturated heterocycles. The Morgan fingerprint density at radius 3 is 2.50 bits per heavy atom. The topological polar surface area (TPSA) is 49.8 Å². The summed E-state index contributed by atoms with van der Waals surface area (Å²) in [7, 11) is 0. The van der Waals surface area contributed by atoms with Gasteiger partial charge in [-0.1, -0.05) is 18.2 Å². The SMILES string of the molecule is Cc1ccc(Nc2nccc(NCc3ccc(F)cc3)n2)cc1C. The van der Waals surface area contributed by atoms with Crippen molar-refractivity contribution < 1.29 is 4.39 Å². The van der Waals surface area contributed by atoms with Gasteiger partial charge >= 0.3 is 0 Å². The highest BCUT2D eigenvalue weighted by molar-refractivity contribution is 5.56. The third-order valence-electron chi connectivity index (χ3n) is 3.81. The zero-order valence-corrected chi connectivity index (χ0v) is 13.7. The van der Waals surface area contributed by atoms with Crippen LogP contribution in [0.3, 0.4) is 0 Å². The summed E-state index contributed by atoms with van der Waals surface area (Å²) in [6, 6.07) is 14.3. The van der Waals surface area contributed by atoms with Crippen molar-refractivity contribution in [3.05, 3.63) is 77.2 Å². The van der Waals surface area contributed by atoms with Gasteiger partial charge < -0.3 is 10.6 Å². The molecule has 0 fully saturated rings. The van der Waals surface area contributed by atoms with Crippen molar-refractivity contribution in [2.24, 2.45) is 0 Å². The highest BCUT2D eigenvalue weighted by Crippen LogP contribution is 2.18. The Balaban J connectivity index is 1.67. The molecular formula is C19H19FN4. The molecule has 1 heterocycles. The Labute approximate surface area is 140 Å². The summed E-state index contributed by atoms with van der Waals surface area (Å²) in [6.07, 6.45) is 1.70. The molecule has 2 aromatic carbocycles. The van der Waals surface area contributed by atoms with Crippen molar-refractivity contribution in [1.29, 1.82) is 0 Å². The van der Waals surface area contributed by atoms with Gasteiger partial charge in [-0.25, -0.2) is 9.37 Å². The number of nitrogens with one attached hydrogen (secondary N) is 2. The Morgan fingerprint density at radius 1 is 0.958 bits per heavy atom. The number of rotatable bonds is 5. The number of anilines is 3. The molecule has 0 aliphatic rings. The number of hydrogen-bond acceptors (Lipinski definition) is 4. The first-order valence-corrected chi connectivity index (χ1v) is 7.76. The van der Waals surface area contributed by atoms with Crippen LogP contribution in [0.25, 0.3) is 0 Å². The van der Waals surface area contributed by atoms with Crippen LogP contribution in [0.4, 0.5) is 21.8 Å². The highest BCUT2D eigenvalue weighted by Gasteiger charge is 2.02. The maximum atomic E-state index is 12.9. The van der Waals surface area contributed by atoms with Crippen LogP contribution in [0.2, 0.25) is 0 Å². The second kappa shape index (κ2) is 7.08. The molecule has 4 nitrogen and oxygen atoms in total. The maximum Gasteiger partial charge on any atom is 0.229 e. The fourth-order valence-electron chi connectivity index (χ4n) is 2.26. The second-order valence-electron chi connectivity index (χ2n) is 5.67. The van der Waals surface area contributed by atoms with E-state index in [1.807, 2.05) is 6.07 Å². The summed E-state index contributed by atoms with van der Waals surface area (Å²) in [6.45, 7) is 4.72. The minimum atomic E-state index is -0.235. The van der Waals surface area contributed by atoms with Gasteiger partial charge in [-0.15, -0.1) is 0 Å². The van der Waals surface area contributed by atoms with Crippen molar-refractivity contribution in [1.82, 2.24) is 9.97 Å². The molecule has 0 aliphatic heterocycles. The molecule has 3 aromatic rings. The normalized spacial score (nSPS) is 10.5. The second-order valence-corrected chi connectivity index (χ2v) is 5.67. The first kappa shape index (κ1) is 15.9. The minimum absolute atomic E-state index is 0.235. The third-order valence-corrected chi connectivity index (χ3v) is 3.81.